The van der Waals surface area contributed by atoms with E-state index >= 15 is 0 Å². The molecule has 0 aromatic rings. The minimum absolute atomic E-state index is 0.0205. The summed E-state index contributed by atoms with van der Waals surface area (Å²) in [4.78, 5) is 0. The molecule has 0 aliphatic carbocycles. The Kier molecular flexibility index (Phi) is 9.59. The molecule has 0 amide bonds. The lowest BCUT2D eigenvalue weighted by Gasteiger charge is -2.24. The van der Waals surface area contributed by atoms with Crippen LogP contribution in [-0.2, 0) is 9.47 Å². The van der Waals surface area contributed by atoms with Gasteiger partial charge in [-0.2, -0.15) is 0 Å². The van der Waals surface area contributed by atoms with E-state index in [4.69, 9.17) is 9.47 Å². The first-order valence-electron chi connectivity index (χ1n) is 6.63. The average Bonchev–Trinajstić information content (AvgIpc) is 2.26. The third-order valence-electron chi connectivity index (χ3n) is 2.65. The first-order valence-corrected chi connectivity index (χ1v) is 6.63. The molecule has 0 heterocycles. The second-order valence-electron chi connectivity index (χ2n) is 5.13. The number of methoxy groups -OCH3 is 1. The Hall–Kier alpha value is -0.200. The number of hydrogen-bond donors (Lipinski definition) is 3. The van der Waals surface area contributed by atoms with Crippen molar-refractivity contribution in [2.45, 2.75) is 51.4 Å². The van der Waals surface area contributed by atoms with Crippen molar-refractivity contribution < 1.29 is 19.7 Å². The number of ether oxygens (including phenoxy) is 2. The molecule has 0 spiro atoms. The van der Waals surface area contributed by atoms with E-state index in [-0.39, 0.29) is 12.7 Å². The molecule has 0 bridgehead atoms. The van der Waals surface area contributed by atoms with Crippen LogP contribution in [0.25, 0.3) is 0 Å². The SMILES string of the molecule is CCCC(C)(O)CNCC(O)COC(C)COC. The molecule has 5 heteroatoms. The van der Waals surface area contributed by atoms with Crippen LogP contribution in [0.1, 0.15) is 33.6 Å². The molecule has 0 aliphatic rings. The summed E-state index contributed by atoms with van der Waals surface area (Å²) in [5.41, 5.74) is -0.710. The number of aliphatic hydroxyl groups is 2. The Balaban J connectivity index is 3.61. The lowest BCUT2D eigenvalue weighted by molar-refractivity contribution is -0.0327. The highest BCUT2D eigenvalue weighted by atomic mass is 16.5. The van der Waals surface area contributed by atoms with Gasteiger partial charge in [-0.25, -0.2) is 0 Å². The van der Waals surface area contributed by atoms with E-state index in [1.165, 1.54) is 0 Å². The van der Waals surface area contributed by atoms with E-state index < -0.39 is 11.7 Å². The van der Waals surface area contributed by atoms with Crippen molar-refractivity contribution >= 4 is 0 Å². The van der Waals surface area contributed by atoms with Gasteiger partial charge in [-0.3, -0.25) is 0 Å². The zero-order valence-corrected chi connectivity index (χ0v) is 12.1. The van der Waals surface area contributed by atoms with E-state index in [0.717, 1.165) is 12.8 Å². The highest BCUT2D eigenvalue weighted by molar-refractivity contribution is 4.75. The van der Waals surface area contributed by atoms with Crippen LogP contribution in [-0.4, -0.2) is 61.4 Å². The van der Waals surface area contributed by atoms with E-state index in [0.29, 0.717) is 19.7 Å². The highest BCUT2D eigenvalue weighted by Gasteiger charge is 2.18. The van der Waals surface area contributed by atoms with Gasteiger partial charge in [-0.1, -0.05) is 13.3 Å². The quantitative estimate of drug-likeness (QED) is 0.507. The van der Waals surface area contributed by atoms with Crippen molar-refractivity contribution in [2.75, 3.05) is 33.4 Å². The van der Waals surface area contributed by atoms with Gasteiger partial charge in [-0.05, 0) is 20.3 Å². The molecule has 5 nitrogen and oxygen atoms in total. The number of rotatable bonds is 11. The molecule has 110 valence electrons. The van der Waals surface area contributed by atoms with Crippen LogP contribution < -0.4 is 5.32 Å². The van der Waals surface area contributed by atoms with Crippen LogP contribution in [0.4, 0.5) is 0 Å². The lowest BCUT2D eigenvalue weighted by Crippen LogP contribution is -2.41. The summed E-state index contributed by atoms with van der Waals surface area (Å²) in [5, 5.41) is 22.7. The lowest BCUT2D eigenvalue weighted by atomic mass is 10.0. The minimum atomic E-state index is -0.710. The second-order valence-corrected chi connectivity index (χ2v) is 5.13. The Morgan fingerprint density at radius 3 is 2.56 bits per heavy atom. The topological polar surface area (TPSA) is 71.0 Å². The van der Waals surface area contributed by atoms with E-state index in [2.05, 4.69) is 5.32 Å². The fourth-order valence-electron chi connectivity index (χ4n) is 1.75. The second kappa shape index (κ2) is 9.69. The maximum absolute atomic E-state index is 9.92. The summed E-state index contributed by atoms with van der Waals surface area (Å²) in [5.74, 6) is 0. The van der Waals surface area contributed by atoms with Gasteiger partial charge < -0.3 is 25.0 Å². The van der Waals surface area contributed by atoms with Crippen LogP contribution in [0.3, 0.4) is 0 Å². The van der Waals surface area contributed by atoms with Crippen molar-refractivity contribution in [3.63, 3.8) is 0 Å². The fourth-order valence-corrected chi connectivity index (χ4v) is 1.75. The summed E-state index contributed by atoms with van der Waals surface area (Å²) >= 11 is 0. The van der Waals surface area contributed by atoms with Gasteiger partial charge in [0.2, 0.25) is 0 Å². The molecule has 0 saturated carbocycles. The van der Waals surface area contributed by atoms with Gasteiger partial charge in [-0.15, -0.1) is 0 Å². The standard InChI is InChI=1S/C13H29NO4/c1-5-6-13(3,16)10-14-7-12(15)9-18-11(2)8-17-4/h11-12,14-16H,5-10H2,1-4H3. The van der Waals surface area contributed by atoms with Crippen molar-refractivity contribution in [3.05, 3.63) is 0 Å². The van der Waals surface area contributed by atoms with E-state index in [1.807, 2.05) is 13.8 Å². The number of aliphatic hydroxyl groups excluding tert-OH is 1. The molecule has 0 radical (unpaired) electrons. The minimum Gasteiger partial charge on any atom is -0.389 e. The van der Waals surface area contributed by atoms with Crippen LogP contribution in [0.15, 0.2) is 0 Å². The van der Waals surface area contributed by atoms with E-state index in [1.54, 1.807) is 14.0 Å². The van der Waals surface area contributed by atoms with Gasteiger partial charge >= 0.3 is 0 Å². The third kappa shape index (κ3) is 9.79. The molecule has 3 atom stereocenters. The van der Waals surface area contributed by atoms with Gasteiger partial charge in [0.1, 0.15) is 0 Å². The van der Waals surface area contributed by atoms with Crippen molar-refractivity contribution in [2.24, 2.45) is 0 Å². The monoisotopic (exact) mass is 263 g/mol. The van der Waals surface area contributed by atoms with Gasteiger partial charge in [0.25, 0.3) is 0 Å². The first-order chi connectivity index (χ1) is 8.41. The van der Waals surface area contributed by atoms with Crippen molar-refractivity contribution in [1.82, 2.24) is 5.32 Å². The van der Waals surface area contributed by atoms with Crippen LogP contribution in [0, 0.1) is 0 Å². The maximum atomic E-state index is 9.92. The molecular weight excluding hydrogens is 234 g/mol. The van der Waals surface area contributed by atoms with Gasteiger partial charge in [0.15, 0.2) is 0 Å². The summed E-state index contributed by atoms with van der Waals surface area (Å²) < 4.78 is 10.3. The largest absolute Gasteiger partial charge is 0.389 e. The fraction of sp³-hybridized carbons (Fsp3) is 1.00. The van der Waals surface area contributed by atoms with Gasteiger partial charge in [0, 0.05) is 20.2 Å². The molecule has 18 heavy (non-hydrogen) atoms. The Labute approximate surface area is 110 Å². The Bertz CT molecular complexity index is 199. The predicted octanol–water partition coefficient (Wildman–Crippen LogP) is 0.540. The summed E-state index contributed by atoms with van der Waals surface area (Å²) in [6.07, 6.45) is 1.10. The number of nitrogens with one attached hydrogen (secondary N) is 1. The zero-order chi connectivity index (χ0) is 14.0. The van der Waals surface area contributed by atoms with Crippen molar-refractivity contribution in [1.29, 1.82) is 0 Å². The smallest absolute Gasteiger partial charge is 0.0897 e. The van der Waals surface area contributed by atoms with Crippen LogP contribution >= 0.6 is 0 Å². The Morgan fingerprint density at radius 2 is 2.00 bits per heavy atom. The molecular formula is C13H29NO4. The van der Waals surface area contributed by atoms with Crippen LogP contribution in [0.2, 0.25) is 0 Å². The molecule has 0 aromatic carbocycles. The Morgan fingerprint density at radius 1 is 1.33 bits per heavy atom. The average molecular weight is 263 g/mol. The molecule has 0 fully saturated rings. The molecule has 0 rings (SSSR count). The van der Waals surface area contributed by atoms with Crippen molar-refractivity contribution in [3.8, 4) is 0 Å². The van der Waals surface area contributed by atoms with E-state index in [9.17, 15) is 10.2 Å². The first kappa shape index (κ1) is 17.8. The molecule has 0 aromatic heterocycles. The molecule has 3 unspecified atom stereocenters. The molecule has 0 saturated heterocycles. The zero-order valence-electron chi connectivity index (χ0n) is 12.1. The highest BCUT2D eigenvalue weighted by Crippen LogP contribution is 2.09. The van der Waals surface area contributed by atoms with Gasteiger partial charge in [0.05, 0.1) is 31.0 Å². The summed E-state index contributed by atoms with van der Waals surface area (Å²) in [6.45, 7) is 7.42. The molecule has 0 aliphatic heterocycles. The van der Waals surface area contributed by atoms with Crippen LogP contribution in [0.5, 0.6) is 0 Å². The molecule has 3 N–H and O–H groups in total. The normalized spacial score (nSPS) is 18.3. The third-order valence-corrected chi connectivity index (χ3v) is 2.65. The predicted molar refractivity (Wildman–Crippen MR) is 71.7 cm³/mol. The summed E-state index contributed by atoms with van der Waals surface area (Å²) in [6, 6.07) is 0. The maximum Gasteiger partial charge on any atom is 0.0897 e. The summed E-state index contributed by atoms with van der Waals surface area (Å²) in [7, 11) is 1.62. The number of hydrogen-bond acceptors (Lipinski definition) is 5.